The number of hydrogen-bond donors (Lipinski definition) is 0. The van der Waals surface area contributed by atoms with Gasteiger partial charge in [0.05, 0.1) is 43.6 Å². The number of nitrogens with zero attached hydrogens (tertiary/aromatic N) is 6. The van der Waals surface area contributed by atoms with Crippen molar-refractivity contribution in [2.24, 2.45) is 5.92 Å². The summed E-state index contributed by atoms with van der Waals surface area (Å²) >= 11 is 0. The van der Waals surface area contributed by atoms with E-state index in [1.807, 2.05) is 30.5 Å². The van der Waals surface area contributed by atoms with E-state index in [0.29, 0.717) is 29.7 Å². The lowest BCUT2D eigenvalue weighted by Crippen LogP contribution is -2.49. The molecule has 2 saturated heterocycles. The summed E-state index contributed by atoms with van der Waals surface area (Å²) in [5, 5.41) is 0. The molecule has 8 nitrogen and oxygen atoms in total. The van der Waals surface area contributed by atoms with Crippen molar-refractivity contribution < 1.29 is 9.47 Å². The van der Waals surface area contributed by atoms with E-state index in [4.69, 9.17) is 14.5 Å². The molecule has 2 unspecified atom stereocenters. The van der Waals surface area contributed by atoms with Crippen LogP contribution in [0.3, 0.4) is 0 Å². The van der Waals surface area contributed by atoms with Crippen LogP contribution in [0, 0.1) is 5.92 Å². The van der Waals surface area contributed by atoms with Crippen LogP contribution in [0.4, 0.5) is 11.8 Å². The summed E-state index contributed by atoms with van der Waals surface area (Å²) in [7, 11) is 3.22. The summed E-state index contributed by atoms with van der Waals surface area (Å²) in [6.07, 6.45) is 4.15. The predicted octanol–water partition coefficient (Wildman–Crippen LogP) is 2.54. The van der Waals surface area contributed by atoms with Crippen molar-refractivity contribution in [2.75, 3.05) is 43.7 Å². The van der Waals surface area contributed by atoms with Crippen LogP contribution in [0.1, 0.15) is 12.8 Å². The van der Waals surface area contributed by atoms with Crippen molar-refractivity contribution in [1.29, 1.82) is 0 Å². The fraction of sp³-hybridized carbons (Fsp3) is 0.429. The number of para-hydroxylation sites is 2. The van der Waals surface area contributed by atoms with Gasteiger partial charge >= 0.3 is 0 Å². The Morgan fingerprint density at radius 2 is 1.66 bits per heavy atom. The highest BCUT2D eigenvalue weighted by molar-refractivity contribution is 5.75. The summed E-state index contributed by atoms with van der Waals surface area (Å²) in [5.41, 5.74) is 1.85. The third-order valence-corrected chi connectivity index (χ3v) is 5.96. The Balaban J connectivity index is 1.42. The Hall–Kier alpha value is -3.16. The number of benzene rings is 1. The Morgan fingerprint density at radius 1 is 0.931 bits per heavy atom. The van der Waals surface area contributed by atoms with Gasteiger partial charge < -0.3 is 19.3 Å². The zero-order valence-electron chi connectivity index (χ0n) is 16.7. The minimum Gasteiger partial charge on any atom is -0.481 e. The monoisotopic (exact) mass is 392 g/mol. The topological polar surface area (TPSA) is 76.5 Å². The molecule has 0 radical (unpaired) electrons. The molecule has 8 heteroatoms. The van der Waals surface area contributed by atoms with Crippen molar-refractivity contribution >= 4 is 22.8 Å². The van der Waals surface area contributed by atoms with Crippen LogP contribution in [-0.4, -0.2) is 59.8 Å². The summed E-state index contributed by atoms with van der Waals surface area (Å²) < 4.78 is 10.7. The number of ether oxygens (including phenoxy) is 2. The normalized spacial score (nSPS) is 21.3. The maximum absolute atomic E-state index is 5.34. The lowest BCUT2D eigenvalue weighted by atomic mass is 9.92. The minimum absolute atomic E-state index is 0.328. The Labute approximate surface area is 169 Å². The molecule has 2 fully saturated rings. The highest BCUT2D eigenvalue weighted by Gasteiger charge is 2.40. The first-order valence-electron chi connectivity index (χ1n) is 9.95. The third-order valence-electron chi connectivity index (χ3n) is 5.96. The van der Waals surface area contributed by atoms with Crippen LogP contribution in [0.5, 0.6) is 11.8 Å². The van der Waals surface area contributed by atoms with Crippen LogP contribution in [0.2, 0.25) is 0 Å². The number of fused-ring (bicyclic) bond motifs is 2. The van der Waals surface area contributed by atoms with Crippen molar-refractivity contribution in [2.45, 2.75) is 18.9 Å². The molecule has 0 bridgehead atoms. The van der Waals surface area contributed by atoms with Crippen LogP contribution in [0.25, 0.3) is 11.0 Å². The standard InChI is InChI=1S/C21H24N6O2/c1-28-19-11-20(29-2)25-21(24-19)27-10-8-14-7-9-26(13-17(14)27)18-12-22-15-5-3-4-6-16(15)23-18/h3-6,11-12,14,17H,7-10,13H2,1-2H3. The fourth-order valence-electron chi connectivity index (χ4n) is 4.43. The Bertz CT molecular complexity index is 1010. The molecule has 0 aliphatic carbocycles. The number of anilines is 2. The summed E-state index contributed by atoms with van der Waals surface area (Å²) in [5.74, 6) is 3.26. The molecule has 2 aliphatic heterocycles. The predicted molar refractivity (Wildman–Crippen MR) is 111 cm³/mol. The molecule has 0 spiro atoms. The highest BCUT2D eigenvalue weighted by atomic mass is 16.5. The van der Waals surface area contributed by atoms with Gasteiger partial charge in [-0.05, 0) is 30.9 Å². The SMILES string of the molecule is COc1cc(OC)nc(N2CCC3CCN(c4cnc5ccccc5n4)CC32)n1. The number of aromatic nitrogens is 4. The smallest absolute Gasteiger partial charge is 0.232 e. The molecule has 3 aromatic rings. The van der Waals surface area contributed by atoms with Gasteiger partial charge in [-0.25, -0.2) is 4.98 Å². The van der Waals surface area contributed by atoms with Gasteiger partial charge in [0.25, 0.3) is 0 Å². The highest BCUT2D eigenvalue weighted by Crippen LogP contribution is 2.36. The van der Waals surface area contributed by atoms with Gasteiger partial charge in [0.1, 0.15) is 5.82 Å². The van der Waals surface area contributed by atoms with Gasteiger partial charge in [0, 0.05) is 19.6 Å². The quantitative estimate of drug-likeness (QED) is 0.670. The minimum atomic E-state index is 0.328. The second-order valence-electron chi connectivity index (χ2n) is 7.51. The third kappa shape index (κ3) is 3.28. The van der Waals surface area contributed by atoms with Crippen LogP contribution < -0.4 is 19.3 Å². The molecule has 0 amide bonds. The van der Waals surface area contributed by atoms with Gasteiger partial charge in [-0.2, -0.15) is 9.97 Å². The van der Waals surface area contributed by atoms with E-state index >= 15 is 0 Å². The van der Waals surface area contributed by atoms with E-state index in [0.717, 1.165) is 49.3 Å². The maximum atomic E-state index is 5.34. The lowest BCUT2D eigenvalue weighted by Gasteiger charge is -2.39. The molecule has 2 aromatic heterocycles. The van der Waals surface area contributed by atoms with Gasteiger partial charge in [-0.3, -0.25) is 4.98 Å². The second-order valence-corrected chi connectivity index (χ2v) is 7.51. The van der Waals surface area contributed by atoms with E-state index in [1.54, 1.807) is 20.3 Å². The summed E-state index contributed by atoms with van der Waals surface area (Å²) in [6, 6.07) is 10.0. The summed E-state index contributed by atoms with van der Waals surface area (Å²) in [4.78, 5) is 23.2. The molecule has 29 heavy (non-hydrogen) atoms. The lowest BCUT2D eigenvalue weighted by molar-refractivity contribution is 0.366. The van der Waals surface area contributed by atoms with E-state index in [-0.39, 0.29) is 0 Å². The van der Waals surface area contributed by atoms with E-state index < -0.39 is 0 Å². The molecule has 0 saturated carbocycles. The van der Waals surface area contributed by atoms with Crippen molar-refractivity contribution in [1.82, 2.24) is 19.9 Å². The van der Waals surface area contributed by atoms with Crippen LogP contribution >= 0.6 is 0 Å². The number of methoxy groups -OCH3 is 2. The Morgan fingerprint density at radius 3 is 2.41 bits per heavy atom. The van der Waals surface area contributed by atoms with Crippen molar-refractivity contribution in [3.8, 4) is 11.8 Å². The van der Waals surface area contributed by atoms with Gasteiger partial charge in [0.15, 0.2) is 0 Å². The van der Waals surface area contributed by atoms with Crippen LogP contribution in [-0.2, 0) is 0 Å². The molecule has 0 N–H and O–H groups in total. The molecule has 2 atom stereocenters. The molecular weight excluding hydrogens is 368 g/mol. The molecule has 1 aromatic carbocycles. The molecule has 150 valence electrons. The maximum Gasteiger partial charge on any atom is 0.232 e. The molecular formula is C21H24N6O2. The number of rotatable bonds is 4. The van der Waals surface area contributed by atoms with Gasteiger partial charge in [0.2, 0.25) is 17.7 Å². The van der Waals surface area contributed by atoms with E-state index in [2.05, 4.69) is 24.8 Å². The largest absolute Gasteiger partial charge is 0.481 e. The zero-order chi connectivity index (χ0) is 19.8. The van der Waals surface area contributed by atoms with E-state index in [9.17, 15) is 0 Å². The van der Waals surface area contributed by atoms with Gasteiger partial charge in [-0.15, -0.1) is 0 Å². The zero-order valence-corrected chi connectivity index (χ0v) is 16.7. The number of hydrogen-bond acceptors (Lipinski definition) is 8. The average Bonchev–Trinajstić information content (AvgIpc) is 3.21. The second kappa shape index (κ2) is 7.35. The molecule has 4 heterocycles. The first-order valence-corrected chi connectivity index (χ1v) is 9.95. The van der Waals surface area contributed by atoms with Crippen molar-refractivity contribution in [3.05, 3.63) is 36.5 Å². The van der Waals surface area contributed by atoms with Gasteiger partial charge in [-0.1, -0.05) is 12.1 Å². The summed E-state index contributed by atoms with van der Waals surface area (Å²) in [6.45, 7) is 2.80. The molecule has 2 aliphatic rings. The van der Waals surface area contributed by atoms with Crippen LogP contribution in [0.15, 0.2) is 36.5 Å². The Kier molecular flexibility index (Phi) is 4.54. The molecule has 5 rings (SSSR count). The average molecular weight is 392 g/mol. The first kappa shape index (κ1) is 17.9. The first-order chi connectivity index (χ1) is 14.2. The fourth-order valence-corrected chi connectivity index (χ4v) is 4.43. The number of piperidine rings is 1. The van der Waals surface area contributed by atoms with Crippen molar-refractivity contribution in [3.63, 3.8) is 0 Å². The van der Waals surface area contributed by atoms with E-state index in [1.165, 1.54) is 0 Å².